The SMILES string of the molecule is COc1ccc(C(OC[C@H]2O[C@@H](n3c(=O)cc[nH]c3=O)C[C@@H]2O[P@@]2O[C@H](CS(=O)(=O)c3ccccc3)[C@@H]3CCCN32)(c2ccccc2)c2ccc(OC)cc2)cc1. The molecule has 0 aliphatic carbocycles. The molecule has 3 saturated heterocycles. The number of hydrogen-bond donors (Lipinski definition) is 1. The molecule has 0 saturated carbocycles. The molecule has 4 aromatic carbocycles. The Labute approximate surface area is 332 Å². The monoisotopic (exact) mass is 813 g/mol. The van der Waals surface area contributed by atoms with Gasteiger partial charge in [-0.05, 0) is 65.9 Å². The zero-order chi connectivity index (χ0) is 39.6. The van der Waals surface area contributed by atoms with E-state index in [9.17, 15) is 18.0 Å². The van der Waals surface area contributed by atoms with Crippen LogP contribution in [0.5, 0.6) is 11.5 Å². The zero-order valence-corrected chi connectivity index (χ0v) is 33.2. The Hall–Kier alpha value is -4.66. The zero-order valence-electron chi connectivity index (χ0n) is 31.5. The second-order valence-corrected chi connectivity index (χ2v) is 17.6. The van der Waals surface area contributed by atoms with Crippen LogP contribution in [0.4, 0.5) is 0 Å². The number of nitrogens with one attached hydrogen (secondary N) is 1. The lowest BCUT2D eigenvalue weighted by Crippen LogP contribution is -2.39. The lowest BCUT2D eigenvalue weighted by molar-refractivity contribution is -0.0925. The summed E-state index contributed by atoms with van der Waals surface area (Å²) in [5, 5.41) is 0. The third-order valence-corrected chi connectivity index (χ3v) is 14.4. The van der Waals surface area contributed by atoms with Gasteiger partial charge >= 0.3 is 5.69 Å². The Morgan fingerprint density at radius 1 is 0.807 bits per heavy atom. The van der Waals surface area contributed by atoms with Crippen LogP contribution in [0.2, 0.25) is 0 Å². The summed E-state index contributed by atoms with van der Waals surface area (Å²) in [6.07, 6.45) is -0.00704. The summed E-state index contributed by atoms with van der Waals surface area (Å²) >= 11 is 0. The number of fused-ring (bicyclic) bond motifs is 1. The Bertz CT molecular complexity index is 2290. The van der Waals surface area contributed by atoms with Gasteiger partial charge in [0.25, 0.3) is 14.1 Å². The summed E-state index contributed by atoms with van der Waals surface area (Å²) in [6, 6.07) is 34.7. The van der Waals surface area contributed by atoms with Gasteiger partial charge in [0.15, 0.2) is 9.84 Å². The first kappa shape index (κ1) is 39.2. The van der Waals surface area contributed by atoms with E-state index in [1.807, 2.05) is 78.9 Å². The van der Waals surface area contributed by atoms with Crippen molar-refractivity contribution in [3.8, 4) is 11.5 Å². The van der Waals surface area contributed by atoms with Crippen molar-refractivity contribution >= 4 is 18.4 Å². The highest BCUT2D eigenvalue weighted by Crippen LogP contribution is 2.58. The molecule has 5 aromatic rings. The van der Waals surface area contributed by atoms with Gasteiger partial charge in [-0.2, -0.15) is 0 Å². The van der Waals surface area contributed by atoms with E-state index in [-0.39, 0.29) is 29.7 Å². The van der Waals surface area contributed by atoms with E-state index in [0.717, 1.165) is 34.1 Å². The van der Waals surface area contributed by atoms with Gasteiger partial charge in [0.2, 0.25) is 0 Å². The molecular formula is C42H44N3O10PS. The Balaban J connectivity index is 1.14. The third kappa shape index (κ3) is 7.83. The van der Waals surface area contributed by atoms with Crippen LogP contribution in [-0.2, 0) is 34.0 Å². The predicted molar refractivity (Wildman–Crippen MR) is 213 cm³/mol. The first-order valence-electron chi connectivity index (χ1n) is 18.8. The maximum absolute atomic E-state index is 13.5. The number of aromatic nitrogens is 2. The number of rotatable bonds is 14. The number of methoxy groups -OCH3 is 2. The number of ether oxygens (including phenoxy) is 4. The van der Waals surface area contributed by atoms with Crippen molar-refractivity contribution in [3.05, 3.63) is 159 Å². The van der Waals surface area contributed by atoms with Crippen LogP contribution in [0, 0.1) is 0 Å². The van der Waals surface area contributed by atoms with Gasteiger partial charge in [-0.3, -0.25) is 4.79 Å². The van der Waals surface area contributed by atoms with Crippen molar-refractivity contribution in [2.45, 2.75) is 60.3 Å². The largest absolute Gasteiger partial charge is 0.497 e. The number of aromatic amines is 1. The topological polar surface area (TPSA) is 148 Å². The standard InChI is InChI=1S/C42H44N3O10PS/c1-50-32-19-15-30(16-20-32)42(29-10-5-3-6-11-29,31-17-21-33(51-2)22-18-31)52-27-37-36(26-40(53-37)45-39(46)23-24-43-41(45)47)54-56-44-25-9-14-35(44)38(55-56)28-57(48,49)34-12-7-4-8-13-34/h3-8,10-13,15-24,35-38,40H,9,14,25-28H2,1-2H3,(H,43,47)/t35-,36-,37+,38+,40+,56-/m0/s1. The Morgan fingerprint density at radius 3 is 2.04 bits per heavy atom. The maximum Gasteiger partial charge on any atom is 0.330 e. The summed E-state index contributed by atoms with van der Waals surface area (Å²) < 4.78 is 68.3. The predicted octanol–water partition coefficient (Wildman–Crippen LogP) is 5.80. The average Bonchev–Trinajstić information content (AvgIpc) is 3.96. The first-order chi connectivity index (χ1) is 27.7. The quantitative estimate of drug-likeness (QED) is 0.107. The molecule has 13 nitrogen and oxygen atoms in total. The summed E-state index contributed by atoms with van der Waals surface area (Å²) in [5.41, 5.74) is 0.152. The molecule has 0 bridgehead atoms. The fraction of sp³-hybridized carbons (Fsp3) is 0.333. The van der Waals surface area contributed by atoms with E-state index < -0.39 is 59.8 Å². The highest BCUT2D eigenvalue weighted by Gasteiger charge is 2.51. The lowest BCUT2D eigenvalue weighted by atomic mass is 9.80. The van der Waals surface area contributed by atoms with Crippen LogP contribution in [0.15, 0.2) is 136 Å². The summed E-state index contributed by atoms with van der Waals surface area (Å²) in [7, 11) is -2.16. The van der Waals surface area contributed by atoms with Gasteiger partial charge in [-0.15, -0.1) is 0 Å². The van der Waals surface area contributed by atoms with Gasteiger partial charge in [0, 0.05) is 31.3 Å². The summed E-state index contributed by atoms with van der Waals surface area (Å²) in [6.45, 7) is 0.645. The molecule has 6 atom stereocenters. The normalized spacial score (nSPS) is 23.7. The van der Waals surface area contributed by atoms with Gasteiger partial charge in [0.1, 0.15) is 29.4 Å². The van der Waals surface area contributed by atoms with E-state index in [2.05, 4.69) is 9.65 Å². The third-order valence-electron chi connectivity index (χ3n) is 10.8. The molecule has 0 amide bonds. The molecule has 3 aliphatic rings. The highest BCUT2D eigenvalue weighted by molar-refractivity contribution is 7.91. The molecule has 1 N–H and O–H groups in total. The van der Waals surface area contributed by atoms with Crippen LogP contribution in [-0.4, -0.2) is 80.1 Å². The Kier molecular flexibility index (Phi) is 11.5. The lowest BCUT2D eigenvalue weighted by Gasteiger charge is -2.37. The molecule has 0 radical (unpaired) electrons. The number of H-pyrrole nitrogens is 1. The van der Waals surface area contributed by atoms with Crippen molar-refractivity contribution in [3.63, 3.8) is 0 Å². The first-order valence-corrected chi connectivity index (χ1v) is 21.6. The molecule has 0 unspecified atom stereocenters. The molecule has 57 heavy (non-hydrogen) atoms. The molecular weight excluding hydrogens is 770 g/mol. The number of hydrogen-bond acceptors (Lipinski definition) is 11. The molecule has 3 aliphatic heterocycles. The molecule has 4 heterocycles. The van der Waals surface area contributed by atoms with Crippen molar-refractivity contribution in [1.29, 1.82) is 0 Å². The molecule has 1 aromatic heterocycles. The highest BCUT2D eigenvalue weighted by atomic mass is 32.2. The summed E-state index contributed by atoms with van der Waals surface area (Å²) in [4.78, 5) is 29.0. The van der Waals surface area contributed by atoms with Gasteiger partial charge < -0.3 is 33.0 Å². The molecule has 0 spiro atoms. The van der Waals surface area contributed by atoms with Crippen LogP contribution >= 0.6 is 8.53 Å². The number of nitrogens with zero attached hydrogens (tertiary/aromatic N) is 2. The van der Waals surface area contributed by atoms with Gasteiger partial charge in [0.05, 0.1) is 43.7 Å². The van der Waals surface area contributed by atoms with Gasteiger partial charge in [-0.25, -0.2) is 22.4 Å². The number of sulfone groups is 1. The molecule has 8 rings (SSSR count). The molecule has 15 heteroatoms. The van der Waals surface area contributed by atoms with Crippen LogP contribution < -0.4 is 20.7 Å². The van der Waals surface area contributed by atoms with Crippen molar-refractivity contribution < 1.29 is 36.4 Å². The molecule has 298 valence electrons. The van der Waals surface area contributed by atoms with Crippen molar-refractivity contribution in [1.82, 2.24) is 14.2 Å². The van der Waals surface area contributed by atoms with Crippen LogP contribution in [0.1, 0.15) is 42.2 Å². The second kappa shape index (κ2) is 16.7. The van der Waals surface area contributed by atoms with Crippen LogP contribution in [0.3, 0.4) is 0 Å². The molecule has 3 fully saturated rings. The van der Waals surface area contributed by atoms with E-state index in [0.29, 0.717) is 18.0 Å². The minimum absolute atomic E-state index is 0.0357. The van der Waals surface area contributed by atoms with E-state index in [1.165, 1.54) is 12.3 Å². The smallest absolute Gasteiger partial charge is 0.330 e. The van der Waals surface area contributed by atoms with Crippen molar-refractivity contribution in [2.75, 3.05) is 33.1 Å². The average molecular weight is 814 g/mol. The van der Waals surface area contributed by atoms with E-state index >= 15 is 0 Å². The second-order valence-electron chi connectivity index (χ2n) is 14.2. The fourth-order valence-electron chi connectivity index (χ4n) is 8.00. The van der Waals surface area contributed by atoms with E-state index in [4.69, 9.17) is 28.0 Å². The van der Waals surface area contributed by atoms with Crippen LogP contribution in [0.25, 0.3) is 0 Å². The minimum Gasteiger partial charge on any atom is -0.497 e. The minimum atomic E-state index is -3.64. The summed E-state index contributed by atoms with van der Waals surface area (Å²) in [5.74, 6) is 1.17. The van der Waals surface area contributed by atoms with Gasteiger partial charge in [-0.1, -0.05) is 72.8 Å². The fourth-order valence-corrected chi connectivity index (χ4v) is 11.6. The maximum atomic E-state index is 13.5. The van der Waals surface area contributed by atoms with E-state index in [1.54, 1.807) is 44.6 Å². The Morgan fingerprint density at radius 2 is 1.42 bits per heavy atom. The van der Waals surface area contributed by atoms with Crippen molar-refractivity contribution in [2.24, 2.45) is 0 Å². The number of benzene rings is 4.